The standard InChI is InChI=1S/C34H31N3.C6H6O.Ir/c1-34(21-10-16-31-15-8-9-22-35-31,23-27-17-19-32(36-25-27)29-11-4-2-5-12-29)24-28-18-20-33(37-26-28)30-13-6-3-7-14-30;7-6-4-2-1-3-5-6;/h2-9,11,13,15,17-20,22,25-26H,10,16,21,23-24H2,1H3;1-5,7H;/q-2;;. The van der Waals surface area contributed by atoms with Gasteiger partial charge in [0.25, 0.3) is 0 Å². The molecule has 0 saturated carbocycles. The molecule has 0 saturated heterocycles. The van der Waals surface area contributed by atoms with Crippen molar-refractivity contribution in [3.8, 4) is 28.3 Å². The molecule has 0 amide bonds. The number of para-hydroxylation sites is 1. The van der Waals surface area contributed by atoms with Crippen LogP contribution in [0.25, 0.3) is 22.5 Å². The van der Waals surface area contributed by atoms with E-state index in [-0.39, 0.29) is 25.5 Å². The quantitative estimate of drug-likeness (QED) is 0.142. The van der Waals surface area contributed by atoms with Gasteiger partial charge in [0.2, 0.25) is 0 Å². The van der Waals surface area contributed by atoms with Gasteiger partial charge in [-0.25, -0.2) is 0 Å². The molecule has 1 N–H and O–H groups in total. The van der Waals surface area contributed by atoms with Crippen molar-refractivity contribution in [2.75, 3.05) is 0 Å². The second-order valence-electron chi connectivity index (χ2n) is 11.3. The average Bonchev–Trinajstić information content (AvgIpc) is 3.07. The molecule has 5 heteroatoms. The maximum Gasteiger partial charge on any atom is 0.115 e. The maximum atomic E-state index is 8.63. The summed E-state index contributed by atoms with van der Waals surface area (Å²) >= 11 is 0. The summed E-state index contributed by atoms with van der Waals surface area (Å²) in [5, 5.41) is 8.63. The smallest absolute Gasteiger partial charge is 0.115 e. The fourth-order valence-electron chi connectivity index (χ4n) is 5.38. The Morgan fingerprint density at radius 1 is 0.622 bits per heavy atom. The van der Waals surface area contributed by atoms with Crippen molar-refractivity contribution < 1.29 is 25.2 Å². The molecule has 6 rings (SSSR count). The van der Waals surface area contributed by atoms with E-state index in [4.69, 9.17) is 15.1 Å². The van der Waals surface area contributed by atoms with Crippen LogP contribution < -0.4 is 0 Å². The summed E-state index contributed by atoms with van der Waals surface area (Å²) in [6.07, 6.45) is 11.0. The van der Waals surface area contributed by atoms with Gasteiger partial charge in [0.05, 0.1) is 0 Å². The zero-order valence-corrected chi connectivity index (χ0v) is 27.8. The van der Waals surface area contributed by atoms with E-state index in [1.807, 2.05) is 79.3 Å². The van der Waals surface area contributed by atoms with Gasteiger partial charge in [0, 0.05) is 44.4 Å². The van der Waals surface area contributed by atoms with Crippen LogP contribution in [0.2, 0.25) is 0 Å². The summed E-state index contributed by atoms with van der Waals surface area (Å²) in [5.41, 5.74) is 7.69. The van der Waals surface area contributed by atoms with Gasteiger partial charge >= 0.3 is 0 Å². The normalized spacial score (nSPS) is 10.7. The summed E-state index contributed by atoms with van der Waals surface area (Å²) in [7, 11) is 0. The van der Waals surface area contributed by atoms with E-state index in [0.717, 1.165) is 60.3 Å². The van der Waals surface area contributed by atoms with Crippen molar-refractivity contribution in [3.63, 3.8) is 0 Å². The van der Waals surface area contributed by atoms with Crippen molar-refractivity contribution in [3.05, 3.63) is 169 Å². The number of hydrogen-bond acceptors (Lipinski definition) is 4. The van der Waals surface area contributed by atoms with Crippen molar-refractivity contribution in [2.24, 2.45) is 5.41 Å². The molecule has 6 aromatic rings. The first kappa shape index (κ1) is 33.5. The second kappa shape index (κ2) is 17.2. The molecule has 229 valence electrons. The predicted molar refractivity (Wildman–Crippen MR) is 178 cm³/mol. The van der Waals surface area contributed by atoms with Crippen LogP contribution in [-0.2, 0) is 39.4 Å². The van der Waals surface area contributed by atoms with Crippen LogP contribution in [0.1, 0.15) is 36.6 Å². The summed E-state index contributed by atoms with van der Waals surface area (Å²) in [6, 6.07) is 46.0. The van der Waals surface area contributed by atoms with Gasteiger partial charge in [-0.2, -0.15) is 0 Å². The minimum Gasteiger partial charge on any atom is -0.508 e. The minimum absolute atomic E-state index is 0. The molecule has 4 nitrogen and oxygen atoms in total. The maximum absolute atomic E-state index is 8.63. The number of phenols is 1. The van der Waals surface area contributed by atoms with Gasteiger partial charge in [-0.1, -0.05) is 55.5 Å². The number of benzene rings is 3. The van der Waals surface area contributed by atoms with Crippen LogP contribution in [0.15, 0.2) is 140 Å². The van der Waals surface area contributed by atoms with Crippen LogP contribution in [0, 0.1) is 17.5 Å². The molecule has 0 bridgehead atoms. The zero-order chi connectivity index (χ0) is 30.5. The molecule has 0 spiro atoms. The Morgan fingerprint density at radius 2 is 1.18 bits per heavy atom. The molecule has 0 fully saturated rings. The van der Waals surface area contributed by atoms with Gasteiger partial charge in [0.15, 0.2) is 0 Å². The Bertz CT molecular complexity index is 1580. The third-order valence-electron chi connectivity index (χ3n) is 7.58. The monoisotopic (exact) mass is 768 g/mol. The molecule has 3 heterocycles. The van der Waals surface area contributed by atoms with Gasteiger partial charge in [-0.05, 0) is 84.3 Å². The molecule has 0 aliphatic rings. The van der Waals surface area contributed by atoms with Gasteiger partial charge in [-0.15, -0.1) is 71.8 Å². The number of pyridine rings is 3. The zero-order valence-electron chi connectivity index (χ0n) is 25.4. The average molecular weight is 768 g/mol. The van der Waals surface area contributed by atoms with Crippen molar-refractivity contribution in [1.82, 2.24) is 15.0 Å². The topological polar surface area (TPSA) is 58.9 Å². The third kappa shape index (κ3) is 10.6. The first-order valence-corrected chi connectivity index (χ1v) is 15.0. The van der Waals surface area contributed by atoms with Crippen LogP contribution >= 0.6 is 0 Å². The summed E-state index contributed by atoms with van der Waals surface area (Å²) in [4.78, 5) is 14.0. The first-order chi connectivity index (χ1) is 21.6. The number of phenolic OH excluding ortho intramolecular Hbond substituents is 1. The molecular formula is C40H37IrN3O-2. The van der Waals surface area contributed by atoms with Crippen LogP contribution in [0.4, 0.5) is 0 Å². The largest absolute Gasteiger partial charge is 0.508 e. The molecule has 3 aromatic carbocycles. The second-order valence-corrected chi connectivity index (χ2v) is 11.3. The number of aryl methyl sites for hydroxylation is 1. The van der Waals surface area contributed by atoms with E-state index in [9.17, 15) is 0 Å². The molecule has 0 aliphatic heterocycles. The van der Waals surface area contributed by atoms with Crippen LogP contribution in [0.3, 0.4) is 0 Å². The van der Waals surface area contributed by atoms with Crippen molar-refractivity contribution in [1.29, 1.82) is 0 Å². The van der Waals surface area contributed by atoms with E-state index >= 15 is 0 Å². The van der Waals surface area contributed by atoms with E-state index in [1.54, 1.807) is 24.3 Å². The summed E-state index contributed by atoms with van der Waals surface area (Å²) in [6.45, 7) is 2.39. The van der Waals surface area contributed by atoms with Gasteiger partial charge in [0.1, 0.15) is 5.75 Å². The van der Waals surface area contributed by atoms with E-state index in [2.05, 4.69) is 60.4 Å². The number of nitrogens with zero attached hydrogens (tertiary/aromatic N) is 3. The van der Waals surface area contributed by atoms with Gasteiger partial charge < -0.3 is 15.1 Å². The number of aromatic nitrogens is 3. The third-order valence-corrected chi connectivity index (χ3v) is 7.58. The van der Waals surface area contributed by atoms with Crippen molar-refractivity contribution in [2.45, 2.75) is 39.0 Å². The van der Waals surface area contributed by atoms with E-state index in [0.29, 0.717) is 5.75 Å². The van der Waals surface area contributed by atoms with Crippen LogP contribution in [-0.4, -0.2) is 20.1 Å². The molecule has 1 radical (unpaired) electrons. The van der Waals surface area contributed by atoms with Gasteiger partial charge in [-0.3, -0.25) is 4.98 Å². The Balaban J connectivity index is 0.000000510. The predicted octanol–water partition coefficient (Wildman–Crippen LogP) is 9.01. The molecule has 0 aliphatic carbocycles. The molecular weight excluding hydrogens is 731 g/mol. The van der Waals surface area contributed by atoms with Crippen molar-refractivity contribution >= 4 is 0 Å². The summed E-state index contributed by atoms with van der Waals surface area (Å²) < 4.78 is 0. The molecule has 0 atom stereocenters. The first-order valence-electron chi connectivity index (χ1n) is 15.0. The summed E-state index contributed by atoms with van der Waals surface area (Å²) in [5.74, 6) is 0.322. The molecule has 3 aromatic heterocycles. The fourth-order valence-corrected chi connectivity index (χ4v) is 5.38. The minimum atomic E-state index is 0. The Kier molecular flexibility index (Phi) is 12.8. The molecule has 45 heavy (non-hydrogen) atoms. The molecule has 0 unspecified atom stereocenters. The van der Waals surface area contributed by atoms with E-state index in [1.165, 1.54) is 11.1 Å². The Labute approximate surface area is 280 Å². The SMILES string of the molecule is CC(CCCc1ccccn1)(Cc1ccc(-c2[c-]cccc2)nc1)Cc1ccc(-c2[c-]cccc2)nc1.Oc1ccccc1.[Ir]. The number of rotatable bonds is 10. The Morgan fingerprint density at radius 3 is 1.60 bits per heavy atom. The van der Waals surface area contributed by atoms with E-state index < -0.39 is 0 Å². The Hall–Kier alpha value is -4.44. The number of hydrogen-bond donors (Lipinski definition) is 1. The fraction of sp³-hybridized carbons (Fsp3) is 0.175. The van der Waals surface area contributed by atoms with Crippen LogP contribution in [0.5, 0.6) is 5.75 Å². The number of aromatic hydroxyl groups is 1.